The Balaban J connectivity index is 0.00000225. The first-order valence-corrected chi connectivity index (χ1v) is 9.24. The molecule has 0 bridgehead atoms. The molecular weight excluding hydrogens is 416 g/mol. The fourth-order valence-corrected chi connectivity index (χ4v) is 3.57. The molecule has 0 radical (unpaired) electrons. The largest absolute Gasteiger partial charge is 0.382 e. The first-order chi connectivity index (χ1) is 13.1. The molecule has 4 aromatic heterocycles. The number of hydrogen-bond donors (Lipinski definition) is 2. The second kappa shape index (κ2) is 8.02. The molecule has 0 spiro atoms. The number of fused-ring (bicyclic) bond motifs is 1. The van der Waals surface area contributed by atoms with Crippen LogP contribution in [0.4, 0.5) is 11.6 Å². The Bertz CT molecular complexity index is 1170. The van der Waals surface area contributed by atoms with Crippen LogP contribution in [0, 0.1) is 11.3 Å². The summed E-state index contributed by atoms with van der Waals surface area (Å²) in [6.45, 7) is 1.95. The zero-order valence-corrected chi connectivity index (χ0v) is 17.2. The predicted molar refractivity (Wildman–Crippen MR) is 115 cm³/mol. The molecule has 8 nitrogen and oxygen atoms in total. The van der Waals surface area contributed by atoms with E-state index in [0.29, 0.717) is 16.6 Å². The lowest BCUT2D eigenvalue weighted by Gasteiger charge is -2.18. The van der Waals surface area contributed by atoms with Crippen LogP contribution in [0.15, 0.2) is 35.4 Å². The van der Waals surface area contributed by atoms with Crippen LogP contribution in [0.25, 0.3) is 16.9 Å². The molecule has 142 valence electrons. The second-order valence-electron chi connectivity index (χ2n) is 5.77. The quantitative estimate of drug-likeness (QED) is 0.507. The van der Waals surface area contributed by atoms with E-state index in [-0.39, 0.29) is 30.9 Å². The van der Waals surface area contributed by atoms with Gasteiger partial charge in [-0.1, -0.05) is 11.6 Å². The molecule has 4 rings (SSSR count). The van der Waals surface area contributed by atoms with E-state index in [2.05, 4.69) is 25.4 Å². The number of nitrogens with zero attached hydrogens (tertiary/aromatic N) is 6. The van der Waals surface area contributed by atoms with Gasteiger partial charge in [0, 0.05) is 16.5 Å². The van der Waals surface area contributed by atoms with Gasteiger partial charge < -0.3 is 11.1 Å². The lowest BCUT2D eigenvalue weighted by molar-refractivity contribution is 0.840. The number of hydrogen-bond acceptors (Lipinski definition) is 8. The summed E-state index contributed by atoms with van der Waals surface area (Å²) < 4.78 is 1.59. The molecule has 0 saturated heterocycles. The normalized spacial score (nSPS) is 11.6. The van der Waals surface area contributed by atoms with Gasteiger partial charge in [0.05, 0.1) is 17.9 Å². The molecular formula is C17H15ClN8S2. The average Bonchev–Trinajstić information content (AvgIpc) is 3.31. The number of nitrogens with one attached hydrogen (secondary N) is 1. The van der Waals surface area contributed by atoms with Crippen molar-refractivity contribution in [2.24, 2.45) is 0 Å². The zero-order chi connectivity index (χ0) is 19.0. The average molecular weight is 431 g/mol. The van der Waals surface area contributed by atoms with Gasteiger partial charge in [-0.3, -0.25) is 0 Å². The summed E-state index contributed by atoms with van der Waals surface area (Å²) in [7, 11) is 0. The zero-order valence-electron chi connectivity index (χ0n) is 14.6. The van der Waals surface area contributed by atoms with Gasteiger partial charge in [0.2, 0.25) is 0 Å². The van der Waals surface area contributed by atoms with Gasteiger partial charge in [-0.25, -0.2) is 19.5 Å². The number of nitriles is 1. The molecule has 11 heteroatoms. The number of nitrogens with two attached hydrogens (primary N) is 1. The molecule has 1 atom stereocenters. The highest BCUT2D eigenvalue weighted by molar-refractivity contribution is 7.59. The van der Waals surface area contributed by atoms with Crippen LogP contribution in [0.5, 0.6) is 0 Å². The standard InChI is InChI=1S/C17H13ClN8S.H2S/c1-9(24-17-12(5-19)16(20)22-8-23-17)11-4-14-21-6-13(18)26(14)25-15(11)10-2-3-27-7-10;/h2-4,6-9H,1H3,(H3,20,22,23,24);1H2/t9-;/m0./s1. The van der Waals surface area contributed by atoms with Crippen molar-refractivity contribution in [3.05, 3.63) is 51.7 Å². The molecule has 3 N–H and O–H groups in total. The summed E-state index contributed by atoms with van der Waals surface area (Å²) in [5, 5.41) is 21.7. The van der Waals surface area contributed by atoms with Crippen molar-refractivity contribution in [3.8, 4) is 17.3 Å². The Morgan fingerprint density at radius 3 is 2.89 bits per heavy atom. The molecule has 0 saturated carbocycles. The van der Waals surface area contributed by atoms with Gasteiger partial charge in [-0.05, 0) is 24.4 Å². The Hall–Kier alpha value is -2.87. The van der Waals surface area contributed by atoms with Crippen molar-refractivity contribution in [3.63, 3.8) is 0 Å². The van der Waals surface area contributed by atoms with Gasteiger partial charge in [-0.2, -0.15) is 35.2 Å². The van der Waals surface area contributed by atoms with E-state index in [1.807, 2.05) is 35.9 Å². The molecule has 0 fully saturated rings. The van der Waals surface area contributed by atoms with E-state index in [4.69, 9.17) is 17.3 Å². The van der Waals surface area contributed by atoms with Crippen LogP contribution in [0.3, 0.4) is 0 Å². The van der Waals surface area contributed by atoms with Crippen molar-refractivity contribution in [2.75, 3.05) is 11.1 Å². The third kappa shape index (κ3) is 3.47. The van der Waals surface area contributed by atoms with Crippen LogP contribution >= 0.6 is 36.4 Å². The van der Waals surface area contributed by atoms with Gasteiger partial charge in [0.15, 0.2) is 10.8 Å². The summed E-state index contributed by atoms with van der Waals surface area (Å²) in [6, 6.07) is 5.71. The Morgan fingerprint density at radius 2 is 2.18 bits per heavy atom. The smallest absolute Gasteiger partial charge is 0.155 e. The van der Waals surface area contributed by atoms with E-state index in [0.717, 1.165) is 16.8 Å². The van der Waals surface area contributed by atoms with Gasteiger partial charge in [0.25, 0.3) is 0 Å². The molecule has 0 unspecified atom stereocenters. The topological polar surface area (TPSA) is 118 Å². The van der Waals surface area contributed by atoms with Gasteiger partial charge >= 0.3 is 0 Å². The third-order valence-electron chi connectivity index (χ3n) is 4.08. The SMILES string of the molecule is C[C@H](Nc1ncnc(N)c1C#N)c1cc2ncc(Cl)n2nc1-c1ccsc1.S. The molecule has 0 aliphatic carbocycles. The fourth-order valence-electron chi connectivity index (χ4n) is 2.76. The molecule has 0 aliphatic rings. The number of halogens is 1. The molecule has 0 aliphatic heterocycles. The monoisotopic (exact) mass is 430 g/mol. The summed E-state index contributed by atoms with van der Waals surface area (Å²) in [4.78, 5) is 12.3. The van der Waals surface area contributed by atoms with Crippen LogP contribution in [-0.2, 0) is 0 Å². The first-order valence-electron chi connectivity index (χ1n) is 7.92. The maximum Gasteiger partial charge on any atom is 0.155 e. The Morgan fingerprint density at radius 1 is 1.36 bits per heavy atom. The minimum Gasteiger partial charge on any atom is -0.382 e. The second-order valence-corrected chi connectivity index (χ2v) is 6.94. The maximum atomic E-state index is 9.34. The van der Waals surface area contributed by atoms with Crippen LogP contribution < -0.4 is 11.1 Å². The van der Waals surface area contributed by atoms with Crippen molar-refractivity contribution >= 4 is 53.7 Å². The molecule has 4 aromatic rings. The van der Waals surface area contributed by atoms with E-state index in [1.54, 1.807) is 22.0 Å². The van der Waals surface area contributed by atoms with E-state index < -0.39 is 0 Å². The maximum absolute atomic E-state index is 9.34. The van der Waals surface area contributed by atoms with Crippen LogP contribution in [0.2, 0.25) is 5.15 Å². The number of nitrogen functional groups attached to an aromatic ring is 1. The minimum absolute atomic E-state index is 0. The highest BCUT2D eigenvalue weighted by Gasteiger charge is 2.19. The van der Waals surface area contributed by atoms with Crippen LogP contribution in [0.1, 0.15) is 24.1 Å². The summed E-state index contributed by atoms with van der Waals surface area (Å²) in [6.07, 6.45) is 2.88. The Labute approximate surface area is 176 Å². The van der Waals surface area contributed by atoms with Crippen molar-refractivity contribution in [1.29, 1.82) is 5.26 Å². The molecule has 0 aromatic carbocycles. The molecule has 28 heavy (non-hydrogen) atoms. The highest BCUT2D eigenvalue weighted by atomic mass is 35.5. The van der Waals surface area contributed by atoms with Crippen LogP contribution in [-0.4, -0.2) is 24.6 Å². The Kier molecular flexibility index (Phi) is 5.69. The first kappa shape index (κ1) is 19.9. The molecule has 4 heterocycles. The van der Waals surface area contributed by atoms with Gasteiger partial charge in [-0.15, -0.1) is 0 Å². The highest BCUT2D eigenvalue weighted by Crippen LogP contribution is 2.32. The van der Waals surface area contributed by atoms with E-state index >= 15 is 0 Å². The lowest BCUT2D eigenvalue weighted by atomic mass is 10.0. The third-order valence-corrected chi connectivity index (χ3v) is 5.02. The van der Waals surface area contributed by atoms with E-state index in [1.165, 1.54) is 6.33 Å². The summed E-state index contributed by atoms with van der Waals surface area (Å²) >= 11 is 7.76. The number of aromatic nitrogens is 5. The fraction of sp³-hybridized carbons (Fsp3) is 0.118. The number of anilines is 2. The van der Waals surface area contributed by atoms with Crippen molar-refractivity contribution < 1.29 is 0 Å². The predicted octanol–water partition coefficient (Wildman–Crippen LogP) is 3.64. The lowest BCUT2D eigenvalue weighted by Crippen LogP contribution is -2.13. The number of imidazole rings is 1. The number of rotatable bonds is 4. The van der Waals surface area contributed by atoms with Crippen molar-refractivity contribution in [2.45, 2.75) is 13.0 Å². The summed E-state index contributed by atoms with van der Waals surface area (Å²) in [5.41, 5.74) is 9.25. The number of thiophene rings is 1. The minimum atomic E-state index is -0.228. The molecule has 0 amide bonds. The van der Waals surface area contributed by atoms with Crippen molar-refractivity contribution in [1.82, 2.24) is 24.6 Å². The summed E-state index contributed by atoms with van der Waals surface area (Å²) in [5.74, 6) is 0.504. The van der Waals surface area contributed by atoms with E-state index in [9.17, 15) is 5.26 Å². The van der Waals surface area contributed by atoms with Gasteiger partial charge in [0.1, 0.15) is 29.6 Å².